The number of hydrogen-bond acceptors (Lipinski definition) is 6. The van der Waals surface area contributed by atoms with Crippen LogP contribution < -0.4 is 14.8 Å². The fourth-order valence-electron chi connectivity index (χ4n) is 2.87. The molecule has 0 aliphatic carbocycles. The second kappa shape index (κ2) is 11.4. The SMILES string of the molecule is C#CCOc1c(Br)cc(/C=C2\SC(=O)N(CC(=O)Nc3ccccc3Br)C2=O)cc1OCC. The van der Waals surface area contributed by atoms with Crippen molar-refractivity contribution in [2.24, 2.45) is 0 Å². The van der Waals surface area contributed by atoms with E-state index in [0.717, 1.165) is 16.7 Å². The lowest BCUT2D eigenvalue weighted by Gasteiger charge is -2.14. The van der Waals surface area contributed by atoms with Crippen molar-refractivity contribution >= 4 is 72.4 Å². The number of carbonyl (C=O) groups excluding carboxylic acids is 3. The summed E-state index contributed by atoms with van der Waals surface area (Å²) in [4.78, 5) is 38.7. The number of hydrogen-bond donors (Lipinski definition) is 1. The van der Waals surface area contributed by atoms with E-state index in [1.54, 1.807) is 36.4 Å². The van der Waals surface area contributed by atoms with Crippen molar-refractivity contribution in [3.8, 4) is 23.8 Å². The molecule has 1 saturated heterocycles. The van der Waals surface area contributed by atoms with Crippen LogP contribution in [0.3, 0.4) is 0 Å². The maximum atomic E-state index is 12.8. The summed E-state index contributed by atoms with van der Waals surface area (Å²) in [7, 11) is 0. The molecule has 2 aromatic carbocycles. The summed E-state index contributed by atoms with van der Waals surface area (Å²) < 4.78 is 12.4. The van der Waals surface area contributed by atoms with Crippen LogP contribution >= 0.6 is 43.6 Å². The summed E-state index contributed by atoms with van der Waals surface area (Å²) in [5.74, 6) is 2.26. The number of benzene rings is 2. The van der Waals surface area contributed by atoms with E-state index in [-0.39, 0.29) is 11.5 Å². The quantitative estimate of drug-likeness (QED) is 0.330. The van der Waals surface area contributed by atoms with Crippen LogP contribution in [0.15, 0.2) is 50.2 Å². The summed E-state index contributed by atoms with van der Waals surface area (Å²) in [6.45, 7) is 1.90. The van der Waals surface area contributed by atoms with Crippen LogP contribution in [0.1, 0.15) is 12.5 Å². The first-order valence-electron chi connectivity index (χ1n) is 9.66. The number of nitrogens with one attached hydrogen (secondary N) is 1. The highest BCUT2D eigenvalue weighted by atomic mass is 79.9. The number of para-hydroxylation sites is 1. The lowest BCUT2D eigenvalue weighted by Crippen LogP contribution is -2.36. The Morgan fingerprint density at radius 1 is 1.21 bits per heavy atom. The first kappa shape index (κ1) is 24.9. The fraction of sp³-hybridized carbons (Fsp3) is 0.174. The van der Waals surface area contributed by atoms with Crippen LogP contribution in [0.5, 0.6) is 11.5 Å². The number of amides is 3. The smallest absolute Gasteiger partial charge is 0.294 e. The van der Waals surface area contributed by atoms with Gasteiger partial charge in [0.1, 0.15) is 13.2 Å². The molecule has 3 amide bonds. The van der Waals surface area contributed by atoms with Gasteiger partial charge >= 0.3 is 0 Å². The summed E-state index contributed by atoms with van der Waals surface area (Å²) in [6.07, 6.45) is 6.83. The molecule has 1 aliphatic heterocycles. The summed E-state index contributed by atoms with van der Waals surface area (Å²) >= 11 is 7.54. The first-order chi connectivity index (χ1) is 15.8. The number of rotatable bonds is 8. The zero-order valence-electron chi connectivity index (χ0n) is 17.4. The molecule has 2 aromatic rings. The van der Waals surface area contributed by atoms with E-state index in [4.69, 9.17) is 15.9 Å². The highest BCUT2D eigenvalue weighted by molar-refractivity contribution is 9.11. The number of carbonyl (C=O) groups is 3. The lowest BCUT2D eigenvalue weighted by molar-refractivity contribution is -0.127. The first-order valence-corrected chi connectivity index (χ1v) is 12.1. The molecular formula is C23H18Br2N2O5S. The predicted octanol–water partition coefficient (Wildman–Crippen LogP) is 5.30. The largest absolute Gasteiger partial charge is 0.490 e. The van der Waals surface area contributed by atoms with Crippen molar-refractivity contribution in [3.63, 3.8) is 0 Å². The van der Waals surface area contributed by atoms with Crippen LogP contribution in [0, 0.1) is 12.3 Å². The van der Waals surface area contributed by atoms with Crippen LogP contribution in [-0.2, 0) is 9.59 Å². The van der Waals surface area contributed by atoms with E-state index in [1.807, 2.05) is 13.0 Å². The molecule has 1 heterocycles. The molecule has 10 heteroatoms. The minimum Gasteiger partial charge on any atom is -0.490 e. The van der Waals surface area contributed by atoms with E-state index in [2.05, 4.69) is 43.1 Å². The van der Waals surface area contributed by atoms with Gasteiger partial charge in [-0.05, 0) is 86.5 Å². The van der Waals surface area contributed by atoms with Gasteiger partial charge in [-0.15, -0.1) is 6.42 Å². The number of halogens is 2. The van der Waals surface area contributed by atoms with E-state index in [9.17, 15) is 14.4 Å². The van der Waals surface area contributed by atoms with E-state index in [0.29, 0.717) is 38.3 Å². The minimum atomic E-state index is -0.547. The number of ether oxygens (including phenoxy) is 2. The number of thioether (sulfide) groups is 1. The summed E-state index contributed by atoms with van der Waals surface area (Å²) in [6, 6.07) is 10.5. The molecule has 0 atom stereocenters. The van der Waals surface area contributed by atoms with Crippen molar-refractivity contribution in [2.75, 3.05) is 25.1 Å². The monoisotopic (exact) mass is 592 g/mol. The molecule has 170 valence electrons. The van der Waals surface area contributed by atoms with Gasteiger partial charge in [-0.25, -0.2) is 0 Å². The predicted molar refractivity (Wildman–Crippen MR) is 135 cm³/mol. The third-order valence-electron chi connectivity index (χ3n) is 4.25. The molecule has 0 spiro atoms. The Morgan fingerprint density at radius 2 is 1.97 bits per heavy atom. The molecule has 3 rings (SSSR count). The van der Waals surface area contributed by atoms with E-state index >= 15 is 0 Å². The van der Waals surface area contributed by atoms with Gasteiger partial charge in [0.25, 0.3) is 11.1 Å². The Bertz CT molecular complexity index is 1180. The Morgan fingerprint density at radius 3 is 2.67 bits per heavy atom. The molecule has 0 radical (unpaired) electrons. The summed E-state index contributed by atoms with van der Waals surface area (Å²) in [5, 5.41) is 2.16. The van der Waals surface area contributed by atoms with E-state index < -0.39 is 23.6 Å². The van der Waals surface area contributed by atoms with Gasteiger partial charge in [0.05, 0.1) is 21.7 Å². The molecule has 1 N–H and O–H groups in total. The lowest BCUT2D eigenvalue weighted by atomic mass is 10.2. The molecular weight excluding hydrogens is 576 g/mol. The third-order valence-corrected chi connectivity index (χ3v) is 6.44. The highest BCUT2D eigenvalue weighted by Crippen LogP contribution is 2.39. The Hall–Kier alpha value is -2.74. The topological polar surface area (TPSA) is 84.9 Å². The normalized spacial score (nSPS) is 14.4. The number of anilines is 1. The van der Waals surface area contributed by atoms with Gasteiger partial charge in [0.15, 0.2) is 11.5 Å². The molecule has 0 unspecified atom stereocenters. The van der Waals surface area contributed by atoms with Crippen LogP contribution in [0.4, 0.5) is 10.5 Å². The minimum absolute atomic E-state index is 0.0680. The van der Waals surface area contributed by atoms with Crippen molar-refractivity contribution in [1.29, 1.82) is 0 Å². The molecule has 1 aliphatic rings. The maximum Gasteiger partial charge on any atom is 0.294 e. The van der Waals surface area contributed by atoms with Gasteiger partial charge in [-0.1, -0.05) is 18.1 Å². The second-order valence-electron chi connectivity index (χ2n) is 6.55. The van der Waals surface area contributed by atoms with Gasteiger partial charge in [0.2, 0.25) is 5.91 Å². The van der Waals surface area contributed by atoms with Crippen LogP contribution in [0.25, 0.3) is 6.08 Å². The Balaban J connectivity index is 1.78. The maximum absolute atomic E-state index is 12.8. The van der Waals surface area contributed by atoms with Crippen LogP contribution in [0.2, 0.25) is 0 Å². The molecule has 0 aromatic heterocycles. The van der Waals surface area contributed by atoms with Gasteiger partial charge in [-0.2, -0.15) is 0 Å². The van der Waals surface area contributed by atoms with Gasteiger partial charge in [0, 0.05) is 4.47 Å². The fourth-order valence-corrected chi connectivity index (χ4v) is 4.67. The van der Waals surface area contributed by atoms with Crippen LogP contribution in [-0.4, -0.2) is 41.7 Å². The molecule has 1 fully saturated rings. The van der Waals surface area contributed by atoms with Crippen molar-refractivity contribution < 1.29 is 23.9 Å². The average Bonchev–Trinajstić information content (AvgIpc) is 3.02. The molecule has 0 bridgehead atoms. The van der Waals surface area contributed by atoms with Crippen molar-refractivity contribution in [2.45, 2.75) is 6.92 Å². The Labute approximate surface area is 212 Å². The third kappa shape index (κ3) is 6.19. The molecule has 7 nitrogen and oxygen atoms in total. The summed E-state index contributed by atoms with van der Waals surface area (Å²) in [5.41, 5.74) is 1.16. The second-order valence-corrected chi connectivity index (χ2v) is 9.25. The number of terminal acetylenes is 1. The zero-order valence-corrected chi connectivity index (χ0v) is 21.4. The van der Waals surface area contributed by atoms with Crippen molar-refractivity contribution in [3.05, 3.63) is 55.8 Å². The zero-order chi connectivity index (χ0) is 24.0. The molecule has 33 heavy (non-hydrogen) atoms. The Kier molecular flexibility index (Phi) is 8.61. The number of imide groups is 1. The average molecular weight is 594 g/mol. The number of nitrogens with zero attached hydrogens (tertiary/aromatic N) is 1. The van der Waals surface area contributed by atoms with Gasteiger partial charge < -0.3 is 14.8 Å². The highest BCUT2D eigenvalue weighted by Gasteiger charge is 2.36. The van der Waals surface area contributed by atoms with Gasteiger partial charge in [-0.3, -0.25) is 19.3 Å². The van der Waals surface area contributed by atoms with Crippen molar-refractivity contribution in [1.82, 2.24) is 4.90 Å². The standard InChI is InChI=1S/C23H18Br2N2O5S/c1-3-9-32-21-16(25)10-14(11-18(21)31-4-2)12-19-22(29)27(23(30)33-19)13-20(28)26-17-8-6-5-7-15(17)24/h1,5-8,10-12H,4,9,13H2,2H3,(H,26,28)/b19-12-. The molecule has 0 saturated carbocycles. The van der Waals surface area contributed by atoms with E-state index in [1.165, 1.54) is 0 Å².